The van der Waals surface area contributed by atoms with E-state index in [2.05, 4.69) is 28.5 Å². The Labute approximate surface area is 213 Å². The molecule has 8 nitrogen and oxygen atoms in total. The van der Waals surface area contributed by atoms with Crippen LogP contribution in [0.15, 0.2) is 66.0 Å². The van der Waals surface area contributed by atoms with Gasteiger partial charge >= 0.3 is 0 Å². The summed E-state index contributed by atoms with van der Waals surface area (Å²) in [6.45, 7) is 4.61. The van der Waals surface area contributed by atoms with Gasteiger partial charge in [-0.3, -0.25) is 24.6 Å². The molecule has 0 saturated carbocycles. The van der Waals surface area contributed by atoms with Crippen molar-refractivity contribution >= 4 is 28.8 Å². The maximum absolute atomic E-state index is 13.6. The highest BCUT2D eigenvalue weighted by Crippen LogP contribution is 2.39. The van der Waals surface area contributed by atoms with Gasteiger partial charge in [0.1, 0.15) is 0 Å². The van der Waals surface area contributed by atoms with E-state index in [0.29, 0.717) is 31.7 Å². The van der Waals surface area contributed by atoms with Gasteiger partial charge < -0.3 is 9.80 Å². The van der Waals surface area contributed by atoms with Gasteiger partial charge in [-0.1, -0.05) is 30.3 Å². The van der Waals surface area contributed by atoms with Crippen molar-refractivity contribution in [1.82, 2.24) is 14.7 Å². The highest BCUT2D eigenvalue weighted by molar-refractivity contribution is 7.10. The number of carbonyl (C=O) groups excluding carboxylic acids is 2. The van der Waals surface area contributed by atoms with E-state index in [0.717, 1.165) is 13.0 Å². The van der Waals surface area contributed by atoms with Crippen LogP contribution in [-0.2, 0) is 11.2 Å². The van der Waals surface area contributed by atoms with Crippen LogP contribution < -0.4 is 0 Å². The van der Waals surface area contributed by atoms with Gasteiger partial charge in [0, 0.05) is 55.3 Å². The topological polar surface area (TPSA) is 87.0 Å². The molecule has 36 heavy (non-hydrogen) atoms. The van der Waals surface area contributed by atoms with E-state index in [-0.39, 0.29) is 29.6 Å². The van der Waals surface area contributed by atoms with E-state index in [1.54, 1.807) is 16.2 Å². The number of benzene rings is 2. The number of amides is 2. The van der Waals surface area contributed by atoms with Crippen LogP contribution in [0.1, 0.15) is 39.3 Å². The quantitative estimate of drug-likeness (QED) is 0.388. The summed E-state index contributed by atoms with van der Waals surface area (Å²) in [4.78, 5) is 44.1. The number of carbonyl (C=O) groups is 2. The second-order valence-electron chi connectivity index (χ2n) is 9.20. The minimum absolute atomic E-state index is 0.0444. The molecule has 0 bridgehead atoms. The van der Waals surface area contributed by atoms with Crippen molar-refractivity contribution < 1.29 is 14.5 Å². The largest absolute Gasteiger partial charge is 0.338 e. The average molecular weight is 505 g/mol. The zero-order valence-electron chi connectivity index (χ0n) is 20.1. The first kappa shape index (κ1) is 24.1. The molecule has 0 aliphatic carbocycles. The molecule has 0 N–H and O–H groups in total. The molecule has 0 unspecified atom stereocenters. The fourth-order valence-corrected chi connectivity index (χ4v) is 6.11. The summed E-state index contributed by atoms with van der Waals surface area (Å²) in [7, 11) is 0. The molecule has 0 radical (unpaired) electrons. The summed E-state index contributed by atoms with van der Waals surface area (Å²) >= 11 is 1.78. The summed E-state index contributed by atoms with van der Waals surface area (Å²) < 4.78 is 0. The first-order valence-corrected chi connectivity index (χ1v) is 13.0. The van der Waals surface area contributed by atoms with Gasteiger partial charge in [0.15, 0.2) is 0 Å². The molecule has 2 amide bonds. The predicted octanol–water partition coefficient (Wildman–Crippen LogP) is 3.98. The molecule has 186 valence electrons. The maximum atomic E-state index is 13.6. The molecule has 2 atom stereocenters. The van der Waals surface area contributed by atoms with Crippen molar-refractivity contribution in [2.75, 3.05) is 32.7 Å². The molecular weight excluding hydrogens is 476 g/mol. The van der Waals surface area contributed by atoms with E-state index in [9.17, 15) is 19.7 Å². The Hall–Kier alpha value is -3.56. The van der Waals surface area contributed by atoms with E-state index in [1.165, 1.54) is 40.3 Å². The first-order chi connectivity index (χ1) is 17.4. The Morgan fingerprint density at radius 1 is 0.944 bits per heavy atom. The van der Waals surface area contributed by atoms with Crippen LogP contribution in [-0.4, -0.2) is 70.2 Å². The van der Waals surface area contributed by atoms with Crippen molar-refractivity contribution in [3.05, 3.63) is 97.7 Å². The number of hydrogen-bond donors (Lipinski definition) is 0. The summed E-state index contributed by atoms with van der Waals surface area (Å²) in [5.74, 6) is -0.0905. The molecular formula is C27H28N4O4S. The number of nitrogens with zero attached hydrogens (tertiary/aromatic N) is 4. The molecule has 9 heteroatoms. The lowest BCUT2D eigenvalue weighted by atomic mass is 9.92. The number of non-ortho nitro benzene ring substituents is 1. The Morgan fingerprint density at radius 3 is 2.28 bits per heavy atom. The van der Waals surface area contributed by atoms with Gasteiger partial charge in [0.05, 0.1) is 17.0 Å². The van der Waals surface area contributed by atoms with Gasteiger partial charge in [0.25, 0.3) is 11.6 Å². The minimum atomic E-state index is -0.482. The van der Waals surface area contributed by atoms with Gasteiger partial charge in [0.2, 0.25) is 5.91 Å². The molecule has 2 aromatic carbocycles. The normalized spacial score (nSPS) is 19.0. The predicted molar refractivity (Wildman–Crippen MR) is 138 cm³/mol. The Bertz CT molecular complexity index is 1250. The van der Waals surface area contributed by atoms with Gasteiger partial charge in [-0.05, 0) is 48.1 Å². The Kier molecular flexibility index (Phi) is 6.84. The molecule has 5 rings (SSSR count). The molecule has 1 saturated heterocycles. The number of rotatable bonds is 5. The molecule has 3 heterocycles. The fraction of sp³-hybridized carbons (Fsp3) is 0.333. The molecule has 1 aromatic heterocycles. The number of thiophene rings is 1. The van der Waals surface area contributed by atoms with Crippen molar-refractivity contribution in [3.63, 3.8) is 0 Å². The monoisotopic (exact) mass is 504 g/mol. The number of fused-ring (bicyclic) bond motifs is 1. The second kappa shape index (κ2) is 10.2. The number of nitro groups is 1. The fourth-order valence-electron chi connectivity index (χ4n) is 5.20. The van der Waals surface area contributed by atoms with E-state index in [4.69, 9.17) is 0 Å². The average Bonchev–Trinajstić information content (AvgIpc) is 3.41. The molecule has 1 fully saturated rings. The highest BCUT2D eigenvalue weighted by atomic mass is 32.1. The lowest BCUT2D eigenvalue weighted by molar-refractivity contribution is -0.384. The van der Waals surface area contributed by atoms with Crippen molar-refractivity contribution in [1.29, 1.82) is 0 Å². The van der Waals surface area contributed by atoms with Crippen LogP contribution in [0.5, 0.6) is 0 Å². The third-order valence-corrected chi connectivity index (χ3v) is 8.17. The second-order valence-corrected chi connectivity index (χ2v) is 10.2. The third kappa shape index (κ3) is 4.64. The number of hydrogen-bond acceptors (Lipinski definition) is 6. The molecule has 3 aromatic rings. The van der Waals surface area contributed by atoms with Gasteiger partial charge in [-0.2, -0.15) is 0 Å². The van der Waals surface area contributed by atoms with Crippen molar-refractivity contribution in [3.8, 4) is 0 Å². The SMILES string of the molecule is C[C@H](C(=O)N1CCN(C(=O)c2ccc([N+](=O)[O-])cc2)CC1)N1CCc2sccc2[C@H]1c1ccccc1. The summed E-state index contributed by atoms with van der Waals surface area (Å²) in [5, 5.41) is 13.0. The van der Waals surface area contributed by atoms with Crippen LogP contribution in [0.3, 0.4) is 0 Å². The number of piperazine rings is 1. The summed E-state index contributed by atoms with van der Waals surface area (Å²) in [5.41, 5.74) is 2.85. The summed E-state index contributed by atoms with van der Waals surface area (Å²) in [6.07, 6.45) is 0.936. The maximum Gasteiger partial charge on any atom is 0.269 e. The number of nitro benzene ring substituents is 1. The van der Waals surface area contributed by atoms with Crippen LogP contribution in [0, 0.1) is 10.1 Å². The standard InChI is InChI=1S/C27H28N4O4S/c1-19(30-13-11-24-23(12-18-36-24)25(30)20-5-3-2-4-6-20)26(32)28-14-16-29(17-15-28)27(33)21-7-9-22(10-8-21)31(34)35/h2-10,12,18-19,25H,11,13-17H2,1H3/t19-,25-/m1/s1. The molecule has 2 aliphatic heterocycles. The van der Waals surface area contributed by atoms with Crippen LogP contribution in [0.25, 0.3) is 0 Å². The minimum Gasteiger partial charge on any atom is -0.338 e. The summed E-state index contributed by atoms with van der Waals surface area (Å²) in [6, 6.07) is 18.0. The van der Waals surface area contributed by atoms with E-state index in [1.807, 2.05) is 30.0 Å². The lowest BCUT2D eigenvalue weighted by Crippen LogP contribution is -2.56. The highest BCUT2D eigenvalue weighted by Gasteiger charge is 2.37. The van der Waals surface area contributed by atoms with Gasteiger partial charge in [-0.15, -0.1) is 11.3 Å². The van der Waals surface area contributed by atoms with Crippen LogP contribution >= 0.6 is 11.3 Å². The third-order valence-electron chi connectivity index (χ3n) is 7.18. The Morgan fingerprint density at radius 2 is 1.61 bits per heavy atom. The van der Waals surface area contributed by atoms with Crippen molar-refractivity contribution in [2.24, 2.45) is 0 Å². The Balaban J connectivity index is 1.26. The van der Waals surface area contributed by atoms with Crippen molar-refractivity contribution in [2.45, 2.75) is 25.4 Å². The van der Waals surface area contributed by atoms with Crippen LogP contribution in [0.4, 0.5) is 5.69 Å². The smallest absolute Gasteiger partial charge is 0.269 e. The zero-order chi connectivity index (χ0) is 25.2. The molecule has 2 aliphatic rings. The first-order valence-electron chi connectivity index (χ1n) is 12.1. The zero-order valence-corrected chi connectivity index (χ0v) is 20.9. The lowest BCUT2D eigenvalue weighted by Gasteiger charge is -2.42. The van der Waals surface area contributed by atoms with Gasteiger partial charge in [-0.25, -0.2) is 0 Å². The van der Waals surface area contributed by atoms with E-state index >= 15 is 0 Å². The molecule has 0 spiro atoms. The van der Waals surface area contributed by atoms with Crippen LogP contribution in [0.2, 0.25) is 0 Å². The van der Waals surface area contributed by atoms with E-state index < -0.39 is 4.92 Å².